The quantitative estimate of drug-likeness (QED) is 0.375. The lowest BCUT2D eigenvalue weighted by Gasteiger charge is -2.36. The average Bonchev–Trinajstić information content (AvgIpc) is 3.55. The fourth-order valence-corrected chi connectivity index (χ4v) is 3.79. The zero-order valence-corrected chi connectivity index (χ0v) is 18.7. The summed E-state index contributed by atoms with van der Waals surface area (Å²) in [6, 6.07) is 15.5. The van der Waals surface area contributed by atoms with Gasteiger partial charge in [-0.15, -0.1) is 0 Å². The zero-order valence-electron chi connectivity index (χ0n) is 18.7. The van der Waals surface area contributed by atoms with Crippen LogP contribution in [0.3, 0.4) is 0 Å². The number of rotatable bonds is 8. The molecular weight excluding hydrogens is 402 g/mol. The van der Waals surface area contributed by atoms with Crippen molar-refractivity contribution in [2.24, 2.45) is 0 Å². The van der Waals surface area contributed by atoms with Gasteiger partial charge in [0.1, 0.15) is 23.3 Å². The third kappa shape index (κ3) is 4.94. The molecule has 1 aliphatic carbocycles. The standard InChI is InChI=1S/C25H31N5O2/c1-25(10-11-25)32-18-8-9-20(26)19(14-18)24(28)21(27)15-23(29-2)30-12-13-31-22(16-30)17-6-4-3-5-7-17/h3-9,14-15,22,27-29H,10-13,16,26H2,1-2H3/b23-15+,27-21?,28-24?/t22-/m1/s1. The highest BCUT2D eigenvalue weighted by atomic mass is 16.5. The zero-order chi connectivity index (χ0) is 22.7. The average molecular weight is 434 g/mol. The number of nitrogen functional groups attached to an aromatic ring is 1. The molecular formula is C25H31N5O2. The summed E-state index contributed by atoms with van der Waals surface area (Å²) in [4.78, 5) is 2.15. The van der Waals surface area contributed by atoms with E-state index in [1.165, 1.54) is 0 Å². The van der Waals surface area contributed by atoms with E-state index in [9.17, 15) is 0 Å². The molecule has 4 rings (SSSR count). The number of hydrogen-bond acceptors (Lipinski definition) is 7. The molecule has 1 saturated heterocycles. The van der Waals surface area contributed by atoms with Crippen molar-refractivity contribution in [2.75, 3.05) is 32.5 Å². The molecule has 2 aromatic carbocycles. The maximum absolute atomic E-state index is 8.60. The van der Waals surface area contributed by atoms with E-state index in [0.717, 1.165) is 24.2 Å². The summed E-state index contributed by atoms with van der Waals surface area (Å²) in [6.07, 6.45) is 3.70. The van der Waals surface area contributed by atoms with Gasteiger partial charge in [-0.3, -0.25) is 10.8 Å². The van der Waals surface area contributed by atoms with Gasteiger partial charge in [0.2, 0.25) is 0 Å². The van der Waals surface area contributed by atoms with Gasteiger partial charge in [0, 0.05) is 37.5 Å². The van der Waals surface area contributed by atoms with Crippen LogP contribution in [0.4, 0.5) is 5.69 Å². The largest absolute Gasteiger partial charge is 0.488 e. The first-order valence-electron chi connectivity index (χ1n) is 11.0. The van der Waals surface area contributed by atoms with E-state index in [2.05, 4.69) is 29.3 Å². The molecule has 2 fully saturated rings. The molecule has 0 unspecified atom stereocenters. The van der Waals surface area contributed by atoms with Gasteiger partial charge < -0.3 is 25.4 Å². The number of benzene rings is 2. The lowest BCUT2D eigenvalue weighted by molar-refractivity contribution is -0.0199. The monoisotopic (exact) mass is 433 g/mol. The van der Waals surface area contributed by atoms with Crippen molar-refractivity contribution in [1.29, 1.82) is 10.8 Å². The van der Waals surface area contributed by atoms with Crippen molar-refractivity contribution >= 4 is 17.1 Å². The number of nitrogens with zero attached hydrogens (tertiary/aromatic N) is 1. The number of morpholine rings is 1. The van der Waals surface area contributed by atoms with Crippen LogP contribution in [0.15, 0.2) is 60.4 Å². The first kappa shape index (κ1) is 21.9. The Kier molecular flexibility index (Phi) is 6.19. The van der Waals surface area contributed by atoms with Crippen LogP contribution in [0.2, 0.25) is 0 Å². The molecule has 1 aliphatic heterocycles. The van der Waals surface area contributed by atoms with Crippen LogP contribution in [0.5, 0.6) is 5.75 Å². The molecule has 1 heterocycles. The second kappa shape index (κ2) is 9.04. The second-order valence-corrected chi connectivity index (χ2v) is 8.59. The lowest BCUT2D eigenvalue weighted by atomic mass is 10.0. The molecule has 7 nitrogen and oxygen atoms in total. The summed E-state index contributed by atoms with van der Waals surface area (Å²) in [7, 11) is 1.83. The Morgan fingerprint density at radius 3 is 2.66 bits per heavy atom. The Balaban J connectivity index is 1.50. The highest BCUT2D eigenvalue weighted by Gasteiger charge is 2.40. The molecule has 2 aromatic rings. The molecule has 7 heteroatoms. The summed E-state index contributed by atoms with van der Waals surface area (Å²) >= 11 is 0. The summed E-state index contributed by atoms with van der Waals surface area (Å²) in [5.41, 5.74) is 8.27. The highest BCUT2D eigenvalue weighted by molar-refractivity contribution is 6.50. The van der Waals surface area contributed by atoms with Gasteiger partial charge in [-0.1, -0.05) is 30.3 Å². The van der Waals surface area contributed by atoms with Crippen LogP contribution >= 0.6 is 0 Å². The fraction of sp³-hybridized carbons (Fsp3) is 0.360. The Morgan fingerprint density at radius 2 is 1.97 bits per heavy atom. The smallest absolute Gasteiger partial charge is 0.120 e. The predicted octanol–water partition coefficient (Wildman–Crippen LogP) is 3.72. The molecule has 0 radical (unpaired) electrons. The molecule has 0 spiro atoms. The van der Waals surface area contributed by atoms with Gasteiger partial charge in [-0.05, 0) is 43.5 Å². The second-order valence-electron chi connectivity index (χ2n) is 8.59. The molecule has 0 amide bonds. The Hall–Kier alpha value is -3.32. The molecule has 5 N–H and O–H groups in total. The maximum Gasteiger partial charge on any atom is 0.120 e. The SMILES string of the molecule is CN/C(=C\C(=N)C(=N)c1cc(OC2(C)CC2)ccc1N)N1CCO[C@@H](c2ccccc2)C1. The first-order valence-corrected chi connectivity index (χ1v) is 11.0. The van der Waals surface area contributed by atoms with Crippen molar-refractivity contribution in [3.8, 4) is 5.75 Å². The van der Waals surface area contributed by atoms with E-state index in [-0.39, 0.29) is 23.1 Å². The van der Waals surface area contributed by atoms with E-state index >= 15 is 0 Å². The van der Waals surface area contributed by atoms with Crippen molar-refractivity contribution < 1.29 is 9.47 Å². The number of nitrogens with one attached hydrogen (secondary N) is 3. The Labute approximate surface area is 189 Å². The van der Waals surface area contributed by atoms with E-state index in [1.54, 1.807) is 18.2 Å². The van der Waals surface area contributed by atoms with E-state index in [0.29, 0.717) is 36.7 Å². The summed E-state index contributed by atoms with van der Waals surface area (Å²) in [6.45, 7) is 4.04. The number of hydrogen-bond donors (Lipinski definition) is 4. The van der Waals surface area contributed by atoms with Gasteiger partial charge in [0.05, 0.1) is 18.0 Å². The summed E-state index contributed by atoms with van der Waals surface area (Å²) < 4.78 is 12.0. The topological polar surface area (TPSA) is 107 Å². The van der Waals surface area contributed by atoms with Crippen LogP contribution in [-0.2, 0) is 4.74 Å². The predicted molar refractivity (Wildman–Crippen MR) is 128 cm³/mol. The van der Waals surface area contributed by atoms with Crippen LogP contribution in [-0.4, -0.2) is 48.7 Å². The molecule has 0 bridgehead atoms. The minimum atomic E-state index is -0.117. The third-order valence-electron chi connectivity index (χ3n) is 6.00. The number of allylic oxidation sites excluding steroid dienone is 1. The lowest BCUT2D eigenvalue weighted by Crippen LogP contribution is -2.41. The van der Waals surface area contributed by atoms with Crippen molar-refractivity contribution in [2.45, 2.75) is 31.5 Å². The molecule has 2 aliphatic rings. The van der Waals surface area contributed by atoms with E-state index < -0.39 is 0 Å². The van der Waals surface area contributed by atoms with Crippen molar-refractivity contribution in [1.82, 2.24) is 10.2 Å². The van der Waals surface area contributed by atoms with Gasteiger partial charge in [0.15, 0.2) is 0 Å². The Morgan fingerprint density at radius 1 is 1.22 bits per heavy atom. The summed E-state index contributed by atoms with van der Waals surface area (Å²) in [5, 5.41) is 20.3. The van der Waals surface area contributed by atoms with Gasteiger partial charge in [0.25, 0.3) is 0 Å². The fourth-order valence-electron chi connectivity index (χ4n) is 3.79. The van der Waals surface area contributed by atoms with Gasteiger partial charge >= 0.3 is 0 Å². The highest BCUT2D eigenvalue weighted by Crippen LogP contribution is 2.40. The van der Waals surface area contributed by atoms with Crippen LogP contribution in [0, 0.1) is 10.8 Å². The van der Waals surface area contributed by atoms with Gasteiger partial charge in [-0.2, -0.15) is 0 Å². The van der Waals surface area contributed by atoms with E-state index in [4.69, 9.17) is 26.0 Å². The van der Waals surface area contributed by atoms with E-state index in [1.807, 2.05) is 31.3 Å². The van der Waals surface area contributed by atoms with Crippen molar-refractivity contribution in [3.05, 3.63) is 71.6 Å². The third-order valence-corrected chi connectivity index (χ3v) is 6.00. The first-order chi connectivity index (χ1) is 15.4. The Bertz CT molecular complexity index is 1030. The molecule has 1 saturated carbocycles. The minimum Gasteiger partial charge on any atom is -0.488 e. The number of nitrogens with two attached hydrogens (primary N) is 1. The normalized spacial score (nSPS) is 19.9. The maximum atomic E-state index is 8.60. The molecule has 0 aromatic heterocycles. The molecule has 168 valence electrons. The molecule has 1 atom stereocenters. The van der Waals surface area contributed by atoms with Crippen molar-refractivity contribution in [3.63, 3.8) is 0 Å². The van der Waals surface area contributed by atoms with Crippen LogP contribution in [0.1, 0.15) is 37.0 Å². The van der Waals surface area contributed by atoms with Crippen LogP contribution < -0.4 is 15.8 Å². The number of ether oxygens (including phenoxy) is 2. The minimum absolute atomic E-state index is 0.0383. The van der Waals surface area contributed by atoms with Crippen LogP contribution in [0.25, 0.3) is 0 Å². The molecule has 32 heavy (non-hydrogen) atoms. The van der Waals surface area contributed by atoms with Gasteiger partial charge in [-0.25, -0.2) is 0 Å². The number of anilines is 1. The summed E-state index contributed by atoms with van der Waals surface area (Å²) in [5.74, 6) is 1.46.